The van der Waals surface area contributed by atoms with Crippen LogP contribution in [0.5, 0.6) is 0 Å². The lowest BCUT2D eigenvalue weighted by Gasteiger charge is -2.23. The third-order valence-electron chi connectivity index (χ3n) is 4.96. The van der Waals surface area contributed by atoms with Crippen molar-refractivity contribution in [1.82, 2.24) is 14.7 Å². The Labute approximate surface area is 165 Å². The summed E-state index contributed by atoms with van der Waals surface area (Å²) in [4.78, 5) is 4.86. The molecule has 0 spiro atoms. The number of halogens is 3. The summed E-state index contributed by atoms with van der Waals surface area (Å²) in [6.07, 6.45) is 4.64. The highest BCUT2D eigenvalue weighted by atomic mass is 35.5. The van der Waals surface area contributed by atoms with Gasteiger partial charge in [-0.25, -0.2) is 13.8 Å². The maximum absolute atomic E-state index is 14.8. The molecule has 0 bridgehead atoms. The average Bonchev–Trinajstić information content (AvgIpc) is 2.99. The van der Waals surface area contributed by atoms with Crippen molar-refractivity contribution in [3.63, 3.8) is 0 Å². The molecule has 0 amide bonds. The molecular formula is C19H19ClF2N4S. The van der Waals surface area contributed by atoms with E-state index in [-0.39, 0.29) is 5.56 Å². The minimum atomic E-state index is -0.666. The molecule has 1 fully saturated rings. The van der Waals surface area contributed by atoms with Gasteiger partial charge in [0.1, 0.15) is 17.3 Å². The Bertz CT molecular complexity index is 962. The van der Waals surface area contributed by atoms with Crippen LogP contribution in [0.2, 0.25) is 5.02 Å². The van der Waals surface area contributed by atoms with Crippen molar-refractivity contribution in [3.8, 4) is 11.3 Å². The van der Waals surface area contributed by atoms with Gasteiger partial charge in [-0.05, 0) is 68.4 Å². The molecule has 2 aromatic heterocycles. The topological polar surface area (TPSA) is 55.3 Å². The maximum Gasteiger partial charge on any atom is 0.139 e. The molecule has 1 saturated heterocycles. The second kappa shape index (κ2) is 7.75. The minimum Gasteiger partial charge on any atom is -0.316 e. The highest BCUT2D eigenvalue weighted by molar-refractivity contribution is 7.97. The summed E-state index contributed by atoms with van der Waals surface area (Å²) >= 11 is 6.90. The number of fused-ring (bicyclic) bond motifs is 1. The molecular weight excluding hydrogens is 390 g/mol. The van der Waals surface area contributed by atoms with Crippen LogP contribution in [-0.2, 0) is 6.42 Å². The monoisotopic (exact) mass is 408 g/mol. The van der Waals surface area contributed by atoms with Crippen molar-refractivity contribution in [1.29, 1.82) is 0 Å². The van der Waals surface area contributed by atoms with Gasteiger partial charge in [0, 0.05) is 22.2 Å². The van der Waals surface area contributed by atoms with Crippen molar-refractivity contribution < 1.29 is 8.78 Å². The molecule has 142 valence electrons. The molecule has 1 unspecified atom stereocenters. The highest BCUT2D eigenvalue weighted by Crippen LogP contribution is 2.34. The Morgan fingerprint density at radius 1 is 1.30 bits per heavy atom. The van der Waals surface area contributed by atoms with Crippen molar-refractivity contribution in [3.05, 3.63) is 52.8 Å². The smallest absolute Gasteiger partial charge is 0.139 e. The van der Waals surface area contributed by atoms with Gasteiger partial charge in [-0.2, -0.15) is 0 Å². The lowest BCUT2D eigenvalue weighted by atomic mass is 9.93. The van der Waals surface area contributed by atoms with Gasteiger partial charge in [-0.3, -0.25) is 5.14 Å². The second-order valence-electron chi connectivity index (χ2n) is 6.78. The Hall–Kier alpha value is -1.67. The van der Waals surface area contributed by atoms with E-state index >= 15 is 0 Å². The molecule has 1 aliphatic heterocycles. The quantitative estimate of drug-likeness (QED) is 0.626. The number of hydrogen-bond donors (Lipinski definition) is 2. The number of rotatable bonds is 4. The fourth-order valence-electron chi connectivity index (χ4n) is 3.68. The zero-order valence-electron chi connectivity index (χ0n) is 14.5. The fraction of sp³-hybridized carbons (Fsp3) is 0.316. The predicted octanol–water partition coefficient (Wildman–Crippen LogP) is 4.44. The first kappa shape index (κ1) is 18.7. The van der Waals surface area contributed by atoms with E-state index < -0.39 is 11.6 Å². The summed E-state index contributed by atoms with van der Waals surface area (Å²) in [5.41, 5.74) is 1.58. The van der Waals surface area contributed by atoms with Crippen LogP contribution in [0.15, 0.2) is 35.4 Å². The summed E-state index contributed by atoms with van der Waals surface area (Å²) in [5.74, 6) is -0.945. The largest absolute Gasteiger partial charge is 0.316 e. The van der Waals surface area contributed by atoms with Gasteiger partial charge in [-0.1, -0.05) is 11.6 Å². The Morgan fingerprint density at radius 3 is 2.74 bits per heavy atom. The maximum atomic E-state index is 14.8. The van der Waals surface area contributed by atoms with E-state index in [2.05, 4.69) is 10.3 Å². The fourth-order valence-corrected chi connectivity index (χ4v) is 4.18. The number of benzene rings is 1. The number of nitrogens with one attached hydrogen (secondary N) is 1. The number of pyridine rings is 1. The van der Waals surface area contributed by atoms with Crippen LogP contribution >= 0.6 is 23.5 Å². The molecule has 0 radical (unpaired) electrons. The van der Waals surface area contributed by atoms with E-state index in [1.54, 1.807) is 18.3 Å². The lowest BCUT2D eigenvalue weighted by Crippen LogP contribution is -2.31. The van der Waals surface area contributed by atoms with Crippen molar-refractivity contribution in [2.75, 3.05) is 13.1 Å². The zero-order chi connectivity index (χ0) is 19.0. The van der Waals surface area contributed by atoms with E-state index in [1.807, 2.05) is 4.40 Å². The molecule has 1 aromatic carbocycles. The molecule has 1 aliphatic rings. The van der Waals surface area contributed by atoms with Crippen LogP contribution in [0, 0.1) is 17.6 Å². The predicted molar refractivity (Wildman–Crippen MR) is 105 cm³/mol. The number of aromatic nitrogens is 2. The number of nitrogens with zero attached hydrogens (tertiary/aromatic N) is 2. The van der Waals surface area contributed by atoms with Crippen LogP contribution < -0.4 is 10.5 Å². The molecule has 0 aliphatic carbocycles. The molecule has 4 nitrogen and oxygen atoms in total. The van der Waals surface area contributed by atoms with Crippen LogP contribution in [0.4, 0.5) is 8.78 Å². The van der Waals surface area contributed by atoms with Crippen molar-refractivity contribution >= 4 is 29.2 Å². The second-order valence-corrected chi connectivity index (χ2v) is 7.92. The molecule has 1 atom stereocenters. The van der Waals surface area contributed by atoms with Crippen LogP contribution in [0.25, 0.3) is 16.9 Å². The van der Waals surface area contributed by atoms with Gasteiger partial charge in [0.05, 0.1) is 17.0 Å². The first-order valence-electron chi connectivity index (χ1n) is 8.80. The van der Waals surface area contributed by atoms with Gasteiger partial charge in [0.25, 0.3) is 0 Å². The van der Waals surface area contributed by atoms with E-state index in [4.69, 9.17) is 16.7 Å². The summed E-state index contributed by atoms with van der Waals surface area (Å²) in [5, 5.41) is 9.36. The Balaban J connectivity index is 1.88. The number of hydrogen-bond acceptors (Lipinski definition) is 4. The highest BCUT2D eigenvalue weighted by Gasteiger charge is 2.24. The van der Waals surface area contributed by atoms with E-state index in [0.717, 1.165) is 43.6 Å². The van der Waals surface area contributed by atoms with E-state index in [9.17, 15) is 8.78 Å². The SMILES string of the molecule is NSc1cc(F)c(-c2nc3cc(Cl)ccn3c2CC2CCCNC2)c(F)c1. The zero-order valence-corrected chi connectivity index (χ0v) is 16.1. The normalized spacial score (nSPS) is 17.6. The molecule has 8 heteroatoms. The average molecular weight is 409 g/mol. The Kier molecular flexibility index (Phi) is 5.36. The molecule has 3 heterocycles. The van der Waals surface area contributed by atoms with E-state index in [0.29, 0.717) is 33.6 Å². The van der Waals surface area contributed by atoms with Crippen LogP contribution in [0.1, 0.15) is 18.5 Å². The first-order valence-corrected chi connectivity index (χ1v) is 10.1. The first-order chi connectivity index (χ1) is 13.1. The molecule has 27 heavy (non-hydrogen) atoms. The third kappa shape index (κ3) is 3.69. The number of nitrogens with two attached hydrogens (primary N) is 1. The molecule has 3 aromatic rings. The summed E-state index contributed by atoms with van der Waals surface area (Å²) in [7, 11) is 0. The summed E-state index contributed by atoms with van der Waals surface area (Å²) in [6, 6.07) is 5.94. The lowest BCUT2D eigenvalue weighted by molar-refractivity contribution is 0.373. The number of imidazole rings is 1. The standard InChI is InChI=1S/C19H19ClF2N4S/c20-12-3-5-26-16(6-11-2-1-4-24-10-11)19(25-17(26)7-12)18-14(21)8-13(27-23)9-15(18)22/h3,5,7-9,11,24H,1-2,4,6,10,23H2. The minimum absolute atomic E-state index is 0.119. The molecule has 4 rings (SSSR count). The van der Waals surface area contributed by atoms with E-state index in [1.165, 1.54) is 12.1 Å². The third-order valence-corrected chi connectivity index (χ3v) is 5.70. The van der Waals surface area contributed by atoms with Crippen molar-refractivity contribution in [2.24, 2.45) is 11.1 Å². The van der Waals surface area contributed by atoms with Gasteiger partial charge < -0.3 is 9.72 Å². The van der Waals surface area contributed by atoms with Gasteiger partial charge in [0.15, 0.2) is 0 Å². The van der Waals surface area contributed by atoms with Crippen LogP contribution in [0.3, 0.4) is 0 Å². The summed E-state index contributed by atoms with van der Waals surface area (Å²) in [6.45, 7) is 1.89. The Morgan fingerprint density at radius 2 is 2.07 bits per heavy atom. The molecule has 3 N–H and O–H groups in total. The van der Waals surface area contributed by atoms with Crippen molar-refractivity contribution in [2.45, 2.75) is 24.2 Å². The van der Waals surface area contributed by atoms with Gasteiger partial charge in [-0.15, -0.1) is 0 Å². The van der Waals surface area contributed by atoms with Gasteiger partial charge in [0.2, 0.25) is 0 Å². The number of piperidine rings is 1. The molecule has 0 saturated carbocycles. The van der Waals surface area contributed by atoms with Gasteiger partial charge >= 0.3 is 0 Å². The summed E-state index contributed by atoms with van der Waals surface area (Å²) < 4.78 is 31.4. The van der Waals surface area contributed by atoms with Crippen LogP contribution in [-0.4, -0.2) is 22.5 Å².